The van der Waals surface area contributed by atoms with Gasteiger partial charge in [0.25, 0.3) is 5.91 Å². The van der Waals surface area contributed by atoms with Gasteiger partial charge in [0.05, 0.1) is 12.4 Å². The maximum atomic E-state index is 13.4. The monoisotopic (exact) mass is 367 g/mol. The first-order chi connectivity index (χ1) is 12.0. The van der Waals surface area contributed by atoms with E-state index in [1.807, 2.05) is 0 Å². The van der Waals surface area contributed by atoms with Crippen molar-refractivity contribution in [3.05, 3.63) is 35.4 Å². The molecule has 0 N–H and O–H groups in total. The largest absolute Gasteiger partial charge is 0.334 e. The Labute approximate surface area is 146 Å². The summed E-state index contributed by atoms with van der Waals surface area (Å²) in [6.45, 7) is 0.509. The van der Waals surface area contributed by atoms with Crippen molar-refractivity contribution < 1.29 is 23.2 Å². The van der Waals surface area contributed by atoms with Crippen molar-refractivity contribution in [2.45, 2.75) is 12.1 Å². The molecule has 4 rings (SSSR count). The van der Waals surface area contributed by atoms with Gasteiger partial charge in [-0.2, -0.15) is 0 Å². The Morgan fingerprint density at radius 1 is 1.00 bits per heavy atom. The van der Waals surface area contributed by atoms with E-state index in [9.17, 15) is 23.2 Å². The third-order valence-electron chi connectivity index (χ3n) is 4.80. The number of amides is 3. The zero-order valence-electron chi connectivity index (χ0n) is 13.2. The molecule has 9 heteroatoms. The Hall–Kier alpha value is -2.16. The molecule has 2 atom stereocenters. The third kappa shape index (κ3) is 2.66. The molecule has 0 unspecified atom stereocenters. The van der Waals surface area contributed by atoms with E-state index in [1.165, 1.54) is 21.6 Å². The molecule has 0 spiro atoms. The number of carbonyl (C=O) groups excluding carboxylic acids is 3. The second-order valence-electron chi connectivity index (χ2n) is 6.28. The molecule has 3 heterocycles. The van der Waals surface area contributed by atoms with Crippen LogP contribution in [0.4, 0.5) is 8.78 Å². The number of benzene rings is 1. The Balaban J connectivity index is 1.56. The van der Waals surface area contributed by atoms with E-state index in [0.717, 1.165) is 12.1 Å². The van der Waals surface area contributed by atoms with Crippen molar-refractivity contribution >= 4 is 29.5 Å². The quantitative estimate of drug-likeness (QED) is 0.727. The van der Waals surface area contributed by atoms with Gasteiger partial charge in [0.1, 0.15) is 23.7 Å². The van der Waals surface area contributed by atoms with Crippen molar-refractivity contribution in [1.82, 2.24) is 14.7 Å². The second kappa shape index (κ2) is 5.98. The van der Waals surface area contributed by atoms with Gasteiger partial charge in [-0.3, -0.25) is 14.4 Å². The predicted molar refractivity (Wildman–Crippen MR) is 85.7 cm³/mol. The third-order valence-corrected chi connectivity index (χ3v) is 5.81. The standard InChI is InChI=1S/C16H15F2N3O3S/c17-10-3-9(4-11(18)5-10)14(22)19-1-2-20-12(6-19)15(23)21-8-25-7-13(21)16(20)24/h3-5,12-13H,1-2,6-8H2/t12-,13+/m1/s1. The summed E-state index contributed by atoms with van der Waals surface area (Å²) >= 11 is 1.53. The van der Waals surface area contributed by atoms with Gasteiger partial charge in [0.15, 0.2) is 0 Å². The van der Waals surface area contributed by atoms with Gasteiger partial charge in [-0.1, -0.05) is 0 Å². The Bertz CT molecular complexity index is 755. The van der Waals surface area contributed by atoms with E-state index in [2.05, 4.69) is 0 Å². The van der Waals surface area contributed by atoms with Gasteiger partial charge in [-0.25, -0.2) is 8.78 Å². The van der Waals surface area contributed by atoms with Gasteiger partial charge in [0, 0.05) is 30.5 Å². The number of hydrogen-bond acceptors (Lipinski definition) is 4. The highest BCUT2D eigenvalue weighted by Gasteiger charge is 2.50. The Kier molecular flexibility index (Phi) is 3.90. The molecule has 3 saturated heterocycles. The number of rotatable bonds is 1. The number of hydrogen-bond donors (Lipinski definition) is 0. The summed E-state index contributed by atoms with van der Waals surface area (Å²) in [5, 5.41) is 0. The highest BCUT2D eigenvalue weighted by Crippen LogP contribution is 2.30. The lowest BCUT2D eigenvalue weighted by Gasteiger charge is -2.47. The lowest BCUT2D eigenvalue weighted by Crippen LogP contribution is -2.69. The summed E-state index contributed by atoms with van der Waals surface area (Å²) in [4.78, 5) is 42.2. The molecule has 25 heavy (non-hydrogen) atoms. The number of thioether (sulfide) groups is 1. The predicted octanol–water partition coefficient (Wildman–Crippen LogP) is 0.533. The maximum Gasteiger partial charge on any atom is 0.254 e. The summed E-state index contributed by atoms with van der Waals surface area (Å²) in [6.07, 6.45) is 0. The molecule has 132 valence electrons. The van der Waals surface area contributed by atoms with E-state index < -0.39 is 29.6 Å². The minimum Gasteiger partial charge on any atom is -0.334 e. The van der Waals surface area contributed by atoms with Crippen molar-refractivity contribution in [3.8, 4) is 0 Å². The van der Waals surface area contributed by atoms with Crippen LogP contribution in [0.25, 0.3) is 0 Å². The number of fused-ring (bicyclic) bond motifs is 2. The van der Waals surface area contributed by atoms with Gasteiger partial charge in [-0.15, -0.1) is 11.8 Å². The summed E-state index contributed by atoms with van der Waals surface area (Å²) in [5.74, 6) is -1.39. The SMILES string of the molecule is O=C(c1cc(F)cc(F)c1)N1CCN2C(=O)[C@@H]3CSCN3C(=O)[C@H]2C1. The molecular formula is C16H15F2N3O3S. The van der Waals surface area contributed by atoms with Crippen LogP contribution >= 0.6 is 11.8 Å². The summed E-state index contributed by atoms with van der Waals surface area (Å²) in [6, 6.07) is 1.51. The summed E-state index contributed by atoms with van der Waals surface area (Å²) < 4.78 is 26.7. The first-order valence-corrected chi connectivity index (χ1v) is 9.05. The van der Waals surface area contributed by atoms with Crippen LogP contribution in [0.15, 0.2) is 18.2 Å². The minimum absolute atomic E-state index is 0.0371. The van der Waals surface area contributed by atoms with E-state index in [4.69, 9.17) is 0 Å². The molecule has 3 fully saturated rings. The summed E-state index contributed by atoms with van der Waals surface area (Å²) in [7, 11) is 0. The van der Waals surface area contributed by atoms with Crippen molar-refractivity contribution in [1.29, 1.82) is 0 Å². The number of piperazine rings is 2. The number of carbonyl (C=O) groups is 3. The molecule has 0 aromatic heterocycles. The van der Waals surface area contributed by atoms with Gasteiger partial charge in [0.2, 0.25) is 11.8 Å². The summed E-state index contributed by atoms with van der Waals surface area (Å²) in [5.41, 5.74) is -0.102. The molecule has 0 bridgehead atoms. The van der Waals surface area contributed by atoms with Crippen LogP contribution in [0.2, 0.25) is 0 Å². The molecule has 3 amide bonds. The van der Waals surface area contributed by atoms with E-state index in [0.29, 0.717) is 17.7 Å². The van der Waals surface area contributed by atoms with Crippen LogP contribution in [-0.4, -0.2) is 75.8 Å². The zero-order chi connectivity index (χ0) is 17.7. The van der Waals surface area contributed by atoms with Crippen LogP contribution in [0.1, 0.15) is 10.4 Å². The average Bonchev–Trinajstić information content (AvgIpc) is 3.08. The molecule has 1 aromatic carbocycles. The fourth-order valence-corrected chi connectivity index (χ4v) is 4.70. The van der Waals surface area contributed by atoms with E-state index in [-0.39, 0.29) is 37.0 Å². The average molecular weight is 367 g/mol. The van der Waals surface area contributed by atoms with Gasteiger partial charge >= 0.3 is 0 Å². The van der Waals surface area contributed by atoms with E-state index >= 15 is 0 Å². The van der Waals surface area contributed by atoms with Crippen LogP contribution in [0, 0.1) is 11.6 Å². The molecule has 3 aliphatic rings. The molecule has 0 radical (unpaired) electrons. The van der Waals surface area contributed by atoms with Gasteiger partial charge < -0.3 is 14.7 Å². The molecule has 0 aliphatic carbocycles. The fraction of sp³-hybridized carbons (Fsp3) is 0.438. The van der Waals surface area contributed by atoms with Crippen molar-refractivity contribution in [3.63, 3.8) is 0 Å². The molecule has 3 aliphatic heterocycles. The van der Waals surface area contributed by atoms with Gasteiger partial charge in [-0.05, 0) is 12.1 Å². The second-order valence-corrected chi connectivity index (χ2v) is 7.28. The van der Waals surface area contributed by atoms with Crippen LogP contribution in [0.3, 0.4) is 0 Å². The lowest BCUT2D eigenvalue weighted by atomic mass is 10.0. The van der Waals surface area contributed by atoms with Crippen molar-refractivity contribution in [2.75, 3.05) is 31.3 Å². The Morgan fingerprint density at radius 2 is 1.68 bits per heavy atom. The fourth-order valence-electron chi connectivity index (χ4n) is 3.55. The molecule has 1 aromatic rings. The first kappa shape index (κ1) is 16.3. The first-order valence-electron chi connectivity index (χ1n) is 7.90. The smallest absolute Gasteiger partial charge is 0.254 e. The van der Waals surface area contributed by atoms with Crippen LogP contribution in [0.5, 0.6) is 0 Å². The highest BCUT2D eigenvalue weighted by atomic mass is 32.2. The lowest BCUT2D eigenvalue weighted by molar-refractivity contribution is -0.161. The molecule has 0 saturated carbocycles. The van der Waals surface area contributed by atoms with Crippen LogP contribution < -0.4 is 0 Å². The van der Waals surface area contributed by atoms with Crippen LogP contribution in [-0.2, 0) is 9.59 Å². The number of halogens is 2. The van der Waals surface area contributed by atoms with Crippen molar-refractivity contribution in [2.24, 2.45) is 0 Å². The number of nitrogens with zero attached hydrogens (tertiary/aromatic N) is 3. The molecule has 6 nitrogen and oxygen atoms in total. The zero-order valence-corrected chi connectivity index (χ0v) is 14.0. The van der Waals surface area contributed by atoms with E-state index in [1.54, 1.807) is 4.90 Å². The topological polar surface area (TPSA) is 60.9 Å². The normalized spacial score (nSPS) is 25.9. The Morgan fingerprint density at radius 3 is 2.40 bits per heavy atom. The minimum atomic E-state index is -0.831. The maximum absolute atomic E-state index is 13.4. The highest BCUT2D eigenvalue weighted by molar-refractivity contribution is 7.99. The molecular weight excluding hydrogens is 352 g/mol.